The van der Waals surface area contributed by atoms with Crippen LogP contribution < -0.4 is 14.8 Å². The first-order valence-electron chi connectivity index (χ1n) is 7.99. The number of nitriles is 1. The highest BCUT2D eigenvalue weighted by Gasteiger charge is 2.07. The maximum absolute atomic E-state index is 12.0. The number of nitrogens with zero attached hydrogens (tertiary/aromatic N) is 1. The molecular weight excluding hydrogens is 328 g/mol. The summed E-state index contributed by atoms with van der Waals surface area (Å²) in [5, 5.41) is 11.7. The second-order valence-corrected chi connectivity index (χ2v) is 5.38. The van der Waals surface area contributed by atoms with Crippen molar-refractivity contribution in [1.82, 2.24) is 0 Å². The number of anilines is 1. The average molecular weight is 344 g/mol. The topological polar surface area (TPSA) is 71.3 Å². The van der Waals surface area contributed by atoms with Crippen molar-refractivity contribution in [3.05, 3.63) is 84.4 Å². The van der Waals surface area contributed by atoms with Crippen molar-refractivity contribution in [1.29, 1.82) is 5.26 Å². The molecule has 0 unspecified atom stereocenters. The number of para-hydroxylation sites is 2. The highest BCUT2D eigenvalue weighted by Crippen LogP contribution is 2.22. The van der Waals surface area contributed by atoms with Gasteiger partial charge in [0.2, 0.25) is 0 Å². The van der Waals surface area contributed by atoms with E-state index in [-0.39, 0.29) is 12.5 Å². The van der Waals surface area contributed by atoms with Gasteiger partial charge in [-0.1, -0.05) is 30.3 Å². The van der Waals surface area contributed by atoms with E-state index in [4.69, 9.17) is 14.7 Å². The van der Waals surface area contributed by atoms with E-state index in [1.165, 1.54) is 0 Å². The molecule has 3 rings (SSSR count). The van der Waals surface area contributed by atoms with Crippen LogP contribution in [0.25, 0.3) is 0 Å². The van der Waals surface area contributed by atoms with E-state index in [9.17, 15) is 4.79 Å². The summed E-state index contributed by atoms with van der Waals surface area (Å²) in [5.41, 5.74) is 1.02. The summed E-state index contributed by atoms with van der Waals surface area (Å²) in [6, 6.07) is 25.3. The first-order valence-corrected chi connectivity index (χ1v) is 7.99. The zero-order valence-electron chi connectivity index (χ0n) is 13.9. The molecule has 0 aliphatic heterocycles. The van der Waals surface area contributed by atoms with Crippen LogP contribution in [-0.4, -0.2) is 12.5 Å². The monoisotopic (exact) mass is 344 g/mol. The van der Waals surface area contributed by atoms with Crippen LogP contribution >= 0.6 is 0 Å². The third kappa shape index (κ3) is 4.62. The molecule has 0 aliphatic rings. The van der Waals surface area contributed by atoms with Crippen molar-refractivity contribution >= 4 is 11.6 Å². The zero-order chi connectivity index (χ0) is 18.2. The normalized spacial score (nSPS) is 9.81. The van der Waals surface area contributed by atoms with Crippen LogP contribution in [0, 0.1) is 11.3 Å². The first-order chi connectivity index (χ1) is 12.7. The highest BCUT2D eigenvalue weighted by atomic mass is 16.5. The number of carbonyl (C=O) groups is 1. The van der Waals surface area contributed by atoms with Gasteiger partial charge in [0.05, 0.1) is 5.56 Å². The summed E-state index contributed by atoms with van der Waals surface area (Å²) in [6.07, 6.45) is 0. The predicted octanol–water partition coefficient (Wildman–Crippen LogP) is 4.37. The van der Waals surface area contributed by atoms with Gasteiger partial charge in [-0.05, 0) is 48.5 Å². The predicted molar refractivity (Wildman–Crippen MR) is 98.2 cm³/mol. The fourth-order valence-electron chi connectivity index (χ4n) is 2.26. The van der Waals surface area contributed by atoms with Crippen LogP contribution in [0.4, 0.5) is 5.69 Å². The summed E-state index contributed by atoms with van der Waals surface area (Å²) in [5.74, 6) is 1.49. The van der Waals surface area contributed by atoms with Crippen LogP contribution in [0.15, 0.2) is 78.9 Å². The van der Waals surface area contributed by atoms with Gasteiger partial charge in [0, 0.05) is 5.69 Å². The zero-order valence-corrected chi connectivity index (χ0v) is 13.9. The number of hydrogen-bond donors (Lipinski definition) is 1. The van der Waals surface area contributed by atoms with Gasteiger partial charge in [-0.2, -0.15) is 5.26 Å². The number of nitrogens with one attached hydrogen (secondary N) is 1. The molecule has 5 heteroatoms. The summed E-state index contributed by atoms with van der Waals surface area (Å²) in [4.78, 5) is 12.0. The Morgan fingerprint density at radius 1 is 0.885 bits per heavy atom. The molecule has 0 saturated heterocycles. The number of benzene rings is 3. The van der Waals surface area contributed by atoms with Crippen molar-refractivity contribution in [2.45, 2.75) is 0 Å². The quantitative estimate of drug-likeness (QED) is 0.721. The maximum Gasteiger partial charge on any atom is 0.262 e. The minimum absolute atomic E-state index is 0.180. The average Bonchev–Trinajstić information content (AvgIpc) is 2.69. The molecule has 0 aromatic heterocycles. The third-order valence-corrected chi connectivity index (χ3v) is 3.48. The molecule has 0 spiro atoms. The van der Waals surface area contributed by atoms with Crippen molar-refractivity contribution < 1.29 is 14.3 Å². The lowest BCUT2D eigenvalue weighted by Crippen LogP contribution is -2.20. The lowest BCUT2D eigenvalue weighted by molar-refractivity contribution is -0.118. The minimum Gasteiger partial charge on any atom is -0.482 e. The molecule has 1 amide bonds. The van der Waals surface area contributed by atoms with Crippen LogP contribution in [0.3, 0.4) is 0 Å². The van der Waals surface area contributed by atoms with Crippen molar-refractivity contribution in [3.8, 4) is 23.3 Å². The molecule has 0 heterocycles. The second kappa shape index (κ2) is 8.36. The van der Waals surface area contributed by atoms with E-state index >= 15 is 0 Å². The van der Waals surface area contributed by atoms with Crippen molar-refractivity contribution in [3.63, 3.8) is 0 Å². The number of ether oxygens (including phenoxy) is 2. The van der Waals surface area contributed by atoms with Gasteiger partial charge in [-0.3, -0.25) is 4.79 Å². The van der Waals surface area contributed by atoms with Gasteiger partial charge < -0.3 is 14.8 Å². The van der Waals surface area contributed by atoms with E-state index in [2.05, 4.69) is 5.32 Å². The molecule has 0 radical (unpaired) electrons. The molecule has 0 atom stereocenters. The largest absolute Gasteiger partial charge is 0.482 e. The highest BCUT2D eigenvalue weighted by molar-refractivity contribution is 5.91. The Bertz CT molecular complexity index is 916. The minimum atomic E-state index is -0.311. The Hall–Kier alpha value is -3.78. The van der Waals surface area contributed by atoms with Gasteiger partial charge in [-0.15, -0.1) is 0 Å². The Morgan fingerprint density at radius 3 is 2.27 bits per heavy atom. The molecule has 1 N–H and O–H groups in total. The Kier molecular flexibility index (Phi) is 5.48. The number of hydrogen-bond acceptors (Lipinski definition) is 4. The Balaban J connectivity index is 1.54. The van der Waals surface area contributed by atoms with E-state index in [1.807, 2.05) is 36.4 Å². The van der Waals surface area contributed by atoms with Crippen LogP contribution in [0.2, 0.25) is 0 Å². The molecule has 0 saturated carbocycles. The molecule has 26 heavy (non-hydrogen) atoms. The van der Waals surface area contributed by atoms with Crippen LogP contribution in [-0.2, 0) is 4.79 Å². The number of carbonyl (C=O) groups excluding carboxylic acids is 1. The van der Waals surface area contributed by atoms with Gasteiger partial charge >= 0.3 is 0 Å². The lowest BCUT2D eigenvalue weighted by Gasteiger charge is -2.09. The van der Waals surface area contributed by atoms with E-state index in [0.717, 1.165) is 5.75 Å². The third-order valence-electron chi connectivity index (χ3n) is 3.48. The Labute approximate surface area is 151 Å². The molecular formula is C21H16N2O3. The fraction of sp³-hybridized carbons (Fsp3) is 0.0476. The van der Waals surface area contributed by atoms with Crippen LogP contribution in [0.1, 0.15) is 5.56 Å². The van der Waals surface area contributed by atoms with Gasteiger partial charge in [-0.25, -0.2) is 0 Å². The summed E-state index contributed by atoms with van der Waals surface area (Å²) in [6.45, 7) is -0.180. The lowest BCUT2D eigenvalue weighted by atomic mass is 10.2. The fourth-order valence-corrected chi connectivity index (χ4v) is 2.26. The van der Waals surface area contributed by atoms with Crippen LogP contribution in [0.5, 0.6) is 17.2 Å². The molecule has 0 bridgehead atoms. The van der Waals surface area contributed by atoms with E-state index < -0.39 is 0 Å². The summed E-state index contributed by atoms with van der Waals surface area (Å²) < 4.78 is 11.1. The van der Waals surface area contributed by atoms with Gasteiger partial charge in [0.25, 0.3) is 5.91 Å². The molecule has 3 aromatic carbocycles. The molecule has 3 aromatic rings. The molecule has 5 nitrogen and oxygen atoms in total. The Morgan fingerprint density at radius 2 is 1.54 bits per heavy atom. The molecule has 128 valence electrons. The molecule has 0 aliphatic carbocycles. The summed E-state index contributed by atoms with van der Waals surface area (Å²) >= 11 is 0. The van der Waals surface area contributed by atoms with Crippen molar-refractivity contribution in [2.24, 2.45) is 0 Å². The van der Waals surface area contributed by atoms with E-state index in [0.29, 0.717) is 22.7 Å². The van der Waals surface area contributed by atoms with Gasteiger partial charge in [0.1, 0.15) is 23.3 Å². The first kappa shape index (κ1) is 17.1. The van der Waals surface area contributed by atoms with Gasteiger partial charge in [0.15, 0.2) is 6.61 Å². The van der Waals surface area contributed by atoms with Crippen molar-refractivity contribution in [2.75, 3.05) is 11.9 Å². The second-order valence-electron chi connectivity index (χ2n) is 5.38. The molecule has 0 fully saturated rings. The smallest absolute Gasteiger partial charge is 0.262 e. The van der Waals surface area contributed by atoms with E-state index in [1.54, 1.807) is 48.5 Å². The standard InChI is InChI=1S/C21H16N2O3/c22-14-16-6-4-5-9-20(16)25-15-21(24)23-17-10-12-19(13-11-17)26-18-7-2-1-3-8-18/h1-13H,15H2,(H,23,24). The summed E-state index contributed by atoms with van der Waals surface area (Å²) in [7, 11) is 0. The maximum atomic E-state index is 12.0. The SMILES string of the molecule is N#Cc1ccccc1OCC(=O)Nc1ccc(Oc2ccccc2)cc1. The number of amides is 1. The number of rotatable bonds is 6.